The highest BCUT2D eigenvalue weighted by Gasteiger charge is 2.21. The lowest BCUT2D eigenvalue weighted by molar-refractivity contribution is -0.139. The van der Waals surface area contributed by atoms with E-state index in [2.05, 4.69) is 5.32 Å². The Kier molecular flexibility index (Phi) is 6.56. The molecule has 2 N–H and O–H groups in total. The second-order valence-electron chi connectivity index (χ2n) is 4.66. The lowest BCUT2D eigenvalue weighted by Gasteiger charge is -2.15. The van der Waals surface area contributed by atoms with Crippen molar-refractivity contribution in [1.29, 1.82) is 0 Å². The third kappa shape index (κ3) is 5.30. The van der Waals surface area contributed by atoms with Gasteiger partial charge in [0.05, 0.1) is 6.61 Å². The zero-order valence-electron chi connectivity index (χ0n) is 11.9. The van der Waals surface area contributed by atoms with Crippen molar-refractivity contribution < 1.29 is 19.4 Å². The number of ether oxygens (including phenoxy) is 1. The molecule has 0 saturated carbocycles. The van der Waals surface area contributed by atoms with Gasteiger partial charge in [-0.15, -0.1) is 0 Å². The topological polar surface area (TPSA) is 75.6 Å². The number of carbonyl (C=O) groups excluding carboxylic acids is 1. The Morgan fingerprint density at radius 2 is 2.05 bits per heavy atom. The number of hydrogen-bond acceptors (Lipinski definition) is 3. The van der Waals surface area contributed by atoms with Gasteiger partial charge in [-0.3, -0.25) is 0 Å². The van der Waals surface area contributed by atoms with Crippen LogP contribution in [0, 0.1) is 6.92 Å². The maximum Gasteiger partial charge on any atom is 0.407 e. The van der Waals surface area contributed by atoms with E-state index >= 15 is 0 Å². The first kappa shape index (κ1) is 16.0. The predicted molar refractivity (Wildman–Crippen MR) is 75.7 cm³/mol. The molecule has 110 valence electrons. The van der Waals surface area contributed by atoms with Crippen molar-refractivity contribution in [3.63, 3.8) is 0 Å². The number of carboxylic acids is 1. The zero-order chi connectivity index (χ0) is 15.0. The van der Waals surface area contributed by atoms with Crippen LogP contribution in [-0.4, -0.2) is 29.8 Å². The quantitative estimate of drug-likeness (QED) is 0.752. The third-order valence-electron chi connectivity index (χ3n) is 3.01. The van der Waals surface area contributed by atoms with E-state index in [0.29, 0.717) is 6.61 Å². The van der Waals surface area contributed by atoms with Crippen molar-refractivity contribution in [3.05, 3.63) is 35.4 Å². The summed E-state index contributed by atoms with van der Waals surface area (Å²) >= 11 is 0. The molecule has 0 aliphatic carbocycles. The van der Waals surface area contributed by atoms with E-state index in [1.54, 1.807) is 0 Å². The third-order valence-corrected chi connectivity index (χ3v) is 3.01. The lowest BCUT2D eigenvalue weighted by Crippen LogP contribution is -2.42. The molecule has 5 heteroatoms. The summed E-state index contributed by atoms with van der Waals surface area (Å²) in [4.78, 5) is 22.7. The van der Waals surface area contributed by atoms with E-state index in [1.807, 2.05) is 38.1 Å². The average Bonchev–Trinajstić information content (AvgIpc) is 2.40. The standard InChI is InChI=1S/C15H21NO4/c1-3-4-9-20-15(19)16-13(14(17)18)10-12-8-6-5-7-11(12)2/h5-8,13H,3-4,9-10H2,1-2H3,(H,16,19)(H,17,18). The van der Waals surface area contributed by atoms with Gasteiger partial charge in [0, 0.05) is 6.42 Å². The molecule has 0 aliphatic heterocycles. The number of aryl methyl sites for hydroxylation is 1. The molecule has 0 spiro atoms. The van der Waals surface area contributed by atoms with Crippen LogP contribution < -0.4 is 5.32 Å². The molecule has 1 aromatic rings. The van der Waals surface area contributed by atoms with Crippen LogP contribution in [0.15, 0.2) is 24.3 Å². The Hall–Kier alpha value is -2.04. The van der Waals surface area contributed by atoms with Crippen LogP contribution in [0.25, 0.3) is 0 Å². The summed E-state index contributed by atoms with van der Waals surface area (Å²) in [6, 6.07) is 6.52. The number of amides is 1. The minimum atomic E-state index is -1.07. The zero-order valence-corrected chi connectivity index (χ0v) is 11.9. The number of aliphatic carboxylic acids is 1. The fraction of sp³-hybridized carbons (Fsp3) is 0.467. The number of carboxylic acid groups (broad SMARTS) is 1. The van der Waals surface area contributed by atoms with Crippen molar-refractivity contribution in [2.45, 2.75) is 39.2 Å². The van der Waals surface area contributed by atoms with Crippen molar-refractivity contribution in [1.82, 2.24) is 5.32 Å². The summed E-state index contributed by atoms with van der Waals surface area (Å²) in [5.41, 5.74) is 1.90. The Labute approximate surface area is 118 Å². The summed E-state index contributed by atoms with van der Waals surface area (Å²) in [7, 11) is 0. The molecule has 0 saturated heterocycles. The first-order valence-electron chi connectivity index (χ1n) is 6.75. The average molecular weight is 279 g/mol. The number of rotatable bonds is 7. The second kappa shape index (κ2) is 8.19. The van der Waals surface area contributed by atoms with Crippen molar-refractivity contribution in [2.75, 3.05) is 6.61 Å². The summed E-state index contributed by atoms with van der Waals surface area (Å²) in [6.45, 7) is 4.20. The highest BCUT2D eigenvalue weighted by molar-refractivity contribution is 5.80. The number of carbonyl (C=O) groups is 2. The first-order chi connectivity index (χ1) is 9.54. The van der Waals surface area contributed by atoms with Crippen molar-refractivity contribution in [3.8, 4) is 0 Å². The molecule has 1 aromatic carbocycles. The molecule has 5 nitrogen and oxygen atoms in total. The summed E-state index contributed by atoms with van der Waals surface area (Å²) in [6.07, 6.45) is 1.24. The predicted octanol–water partition coefficient (Wildman–Crippen LogP) is 2.52. The number of hydrogen-bond donors (Lipinski definition) is 2. The number of benzene rings is 1. The van der Waals surface area contributed by atoms with Gasteiger partial charge in [0.2, 0.25) is 0 Å². The van der Waals surface area contributed by atoms with Gasteiger partial charge >= 0.3 is 12.1 Å². The maximum atomic E-state index is 11.5. The SMILES string of the molecule is CCCCOC(=O)NC(Cc1ccccc1C)C(=O)O. The minimum absolute atomic E-state index is 0.241. The Bertz CT molecular complexity index is 459. The molecule has 1 rings (SSSR count). The van der Waals surface area contributed by atoms with Crippen molar-refractivity contribution in [2.24, 2.45) is 0 Å². The molecule has 0 bridgehead atoms. The van der Waals surface area contributed by atoms with Gasteiger partial charge in [-0.25, -0.2) is 9.59 Å². The molecular formula is C15H21NO4. The number of alkyl carbamates (subject to hydrolysis) is 1. The molecule has 20 heavy (non-hydrogen) atoms. The van der Waals surface area contributed by atoms with Gasteiger partial charge in [-0.1, -0.05) is 37.6 Å². The van der Waals surface area contributed by atoms with Gasteiger partial charge in [-0.2, -0.15) is 0 Å². The van der Waals surface area contributed by atoms with Crippen LogP contribution in [0.1, 0.15) is 30.9 Å². The Balaban J connectivity index is 2.59. The number of unbranched alkanes of at least 4 members (excludes halogenated alkanes) is 1. The van der Waals surface area contributed by atoms with E-state index in [-0.39, 0.29) is 6.42 Å². The van der Waals surface area contributed by atoms with Gasteiger partial charge < -0.3 is 15.2 Å². The second-order valence-corrected chi connectivity index (χ2v) is 4.66. The fourth-order valence-electron chi connectivity index (χ4n) is 1.75. The molecule has 0 heterocycles. The molecule has 0 fully saturated rings. The van der Waals surface area contributed by atoms with Crippen LogP contribution in [0.5, 0.6) is 0 Å². The molecule has 1 atom stereocenters. The summed E-state index contributed by atoms with van der Waals surface area (Å²) in [5, 5.41) is 11.6. The summed E-state index contributed by atoms with van der Waals surface area (Å²) < 4.78 is 4.92. The molecule has 0 radical (unpaired) electrons. The van der Waals surface area contributed by atoms with E-state index < -0.39 is 18.1 Å². The minimum Gasteiger partial charge on any atom is -0.480 e. The molecule has 0 aromatic heterocycles. The van der Waals surface area contributed by atoms with Gasteiger partial charge in [0.1, 0.15) is 6.04 Å². The van der Waals surface area contributed by atoms with Crippen LogP contribution in [-0.2, 0) is 16.0 Å². The highest BCUT2D eigenvalue weighted by Crippen LogP contribution is 2.10. The molecule has 0 aliphatic rings. The first-order valence-corrected chi connectivity index (χ1v) is 6.75. The van der Waals surface area contributed by atoms with E-state index in [1.165, 1.54) is 0 Å². The molecule has 1 unspecified atom stereocenters. The van der Waals surface area contributed by atoms with E-state index in [0.717, 1.165) is 24.0 Å². The fourth-order valence-corrected chi connectivity index (χ4v) is 1.75. The largest absolute Gasteiger partial charge is 0.480 e. The monoisotopic (exact) mass is 279 g/mol. The van der Waals surface area contributed by atoms with Gasteiger partial charge in [-0.05, 0) is 24.5 Å². The Morgan fingerprint density at radius 3 is 2.65 bits per heavy atom. The normalized spacial score (nSPS) is 11.7. The van der Waals surface area contributed by atoms with Crippen LogP contribution in [0.3, 0.4) is 0 Å². The maximum absolute atomic E-state index is 11.5. The van der Waals surface area contributed by atoms with Gasteiger partial charge in [0.25, 0.3) is 0 Å². The van der Waals surface area contributed by atoms with Crippen LogP contribution >= 0.6 is 0 Å². The van der Waals surface area contributed by atoms with Crippen molar-refractivity contribution >= 4 is 12.1 Å². The Morgan fingerprint density at radius 1 is 1.35 bits per heavy atom. The van der Waals surface area contributed by atoms with Crippen LogP contribution in [0.4, 0.5) is 4.79 Å². The molecule has 1 amide bonds. The smallest absolute Gasteiger partial charge is 0.407 e. The van der Waals surface area contributed by atoms with E-state index in [4.69, 9.17) is 4.74 Å². The lowest BCUT2D eigenvalue weighted by atomic mass is 10.0. The number of nitrogens with one attached hydrogen (secondary N) is 1. The highest BCUT2D eigenvalue weighted by atomic mass is 16.5. The summed E-state index contributed by atoms with van der Waals surface area (Å²) in [5.74, 6) is -1.07. The van der Waals surface area contributed by atoms with Gasteiger partial charge in [0.15, 0.2) is 0 Å². The van der Waals surface area contributed by atoms with Crippen LogP contribution in [0.2, 0.25) is 0 Å². The van der Waals surface area contributed by atoms with E-state index in [9.17, 15) is 14.7 Å². The molecular weight excluding hydrogens is 258 g/mol.